The van der Waals surface area contributed by atoms with E-state index in [0.29, 0.717) is 12.1 Å². The fraction of sp³-hybridized carbons (Fsp3) is 0.235. The summed E-state index contributed by atoms with van der Waals surface area (Å²) in [4.78, 5) is 14.2. The van der Waals surface area contributed by atoms with Crippen LogP contribution >= 0.6 is 0 Å². The van der Waals surface area contributed by atoms with Crippen molar-refractivity contribution in [2.45, 2.75) is 19.9 Å². The Labute approximate surface area is 123 Å². The number of carbonyl (C=O) groups is 1. The van der Waals surface area contributed by atoms with Crippen LogP contribution in [0, 0.1) is 11.6 Å². The molecule has 2 aromatic rings. The Bertz CT molecular complexity index is 608. The Morgan fingerprint density at radius 2 is 1.48 bits per heavy atom. The van der Waals surface area contributed by atoms with Gasteiger partial charge in [0.05, 0.1) is 6.04 Å². The minimum Gasteiger partial charge on any atom is -0.332 e. The molecule has 4 heteroatoms. The molecule has 0 aliphatic rings. The van der Waals surface area contributed by atoms with Crippen molar-refractivity contribution in [1.82, 2.24) is 4.90 Å². The molecule has 0 radical (unpaired) electrons. The van der Waals surface area contributed by atoms with E-state index in [4.69, 9.17) is 0 Å². The van der Waals surface area contributed by atoms with Crippen LogP contribution in [-0.2, 0) is 0 Å². The lowest BCUT2D eigenvalue weighted by molar-refractivity contribution is 0.0702. The van der Waals surface area contributed by atoms with E-state index in [2.05, 4.69) is 0 Å². The summed E-state index contributed by atoms with van der Waals surface area (Å²) in [5, 5.41) is 0. The third-order valence-corrected chi connectivity index (χ3v) is 3.51. The van der Waals surface area contributed by atoms with Gasteiger partial charge in [0, 0.05) is 12.1 Å². The van der Waals surface area contributed by atoms with E-state index in [1.165, 1.54) is 36.4 Å². The van der Waals surface area contributed by atoms with Gasteiger partial charge in [0.25, 0.3) is 5.91 Å². The first-order valence-electron chi connectivity index (χ1n) is 6.85. The van der Waals surface area contributed by atoms with Crippen LogP contribution in [0.2, 0.25) is 0 Å². The van der Waals surface area contributed by atoms with E-state index in [-0.39, 0.29) is 23.6 Å². The lowest BCUT2D eigenvalue weighted by atomic mass is 10.1. The second-order valence-electron chi connectivity index (χ2n) is 4.83. The van der Waals surface area contributed by atoms with Crippen LogP contribution in [0.3, 0.4) is 0 Å². The number of hydrogen-bond acceptors (Lipinski definition) is 1. The van der Waals surface area contributed by atoms with E-state index in [0.717, 1.165) is 5.56 Å². The van der Waals surface area contributed by atoms with E-state index in [1.54, 1.807) is 17.0 Å². The summed E-state index contributed by atoms with van der Waals surface area (Å²) < 4.78 is 25.9. The summed E-state index contributed by atoms with van der Waals surface area (Å²) >= 11 is 0. The Balaban J connectivity index is 2.23. The normalized spacial score (nSPS) is 12.0. The Hall–Kier alpha value is -2.23. The molecule has 0 saturated heterocycles. The highest BCUT2D eigenvalue weighted by atomic mass is 19.1. The summed E-state index contributed by atoms with van der Waals surface area (Å²) in [7, 11) is 0. The largest absolute Gasteiger partial charge is 0.332 e. The second kappa shape index (κ2) is 6.48. The van der Waals surface area contributed by atoms with Crippen LogP contribution in [0.4, 0.5) is 8.78 Å². The van der Waals surface area contributed by atoms with Crippen LogP contribution < -0.4 is 0 Å². The molecule has 21 heavy (non-hydrogen) atoms. The highest BCUT2D eigenvalue weighted by Gasteiger charge is 2.21. The van der Waals surface area contributed by atoms with Crippen molar-refractivity contribution in [2.24, 2.45) is 0 Å². The standard InChI is InChI=1S/C17H17F2NO/c1-3-20(12(2)13-4-8-15(18)9-5-13)17(21)14-6-10-16(19)11-7-14/h4-12H,3H2,1-2H3. The first-order chi connectivity index (χ1) is 10.0. The molecule has 0 saturated carbocycles. The van der Waals surface area contributed by atoms with Gasteiger partial charge in [-0.25, -0.2) is 8.78 Å². The van der Waals surface area contributed by atoms with Gasteiger partial charge in [-0.1, -0.05) is 12.1 Å². The first kappa shape index (κ1) is 15.2. The van der Waals surface area contributed by atoms with Crippen LogP contribution in [0.25, 0.3) is 0 Å². The third kappa shape index (κ3) is 3.45. The summed E-state index contributed by atoms with van der Waals surface area (Å²) in [5.74, 6) is -0.852. The summed E-state index contributed by atoms with van der Waals surface area (Å²) in [6.45, 7) is 4.27. The van der Waals surface area contributed by atoms with Crippen molar-refractivity contribution >= 4 is 5.91 Å². The minimum atomic E-state index is -0.374. The topological polar surface area (TPSA) is 20.3 Å². The molecule has 0 fully saturated rings. The highest BCUT2D eigenvalue weighted by molar-refractivity contribution is 5.94. The predicted molar refractivity (Wildman–Crippen MR) is 77.9 cm³/mol. The fourth-order valence-electron chi connectivity index (χ4n) is 2.27. The third-order valence-electron chi connectivity index (χ3n) is 3.51. The monoisotopic (exact) mass is 289 g/mol. The van der Waals surface area contributed by atoms with Crippen molar-refractivity contribution in [3.05, 3.63) is 71.3 Å². The number of carbonyl (C=O) groups excluding carboxylic acids is 1. The van der Waals surface area contributed by atoms with Crippen molar-refractivity contribution in [2.75, 3.05) is 6.54 Å². The molecule has 2 nitrogen and oxygen atoms in total. The Kier molecular flexibility index (Phi) is 4.68. The van der Waals surface area contributed by atoms with Gasteiger partial charge >= 0.3 is 0 Å². The van der Waals surface area contributed by atoms with Gasteiger partial charge in [-0.3, -0.25) is 4.79 Å². The maximum atomic E-state index is 13.0. The van der Waals surface area contributed by atoms with E-state index < -0.39 is 0 Å². The number of hydrogen-bond donors (Lipinski definition) is 0. The number of halogens is 2. The predicted octanol–water partition coefficient (Wildman–Crippen LogP) is 4.19. The molecule has 0 aliphatic carbocycles. The lowest BCUT2D eigenvalue weighted by Gasteiger charge is -2.28. The number of rotatable bonds is 4. The molecule has 1 atom stereocenters. The zero-order valence-corrected chi connectivity index (χ0v) is 12.0. The van der Waals surface area contributed by atoms with E-state index in [9.17, 15) is 13.6 Å². The summed E-state index contributed by atoms with van der Waals surface area (Å²) in [6, 6.07) is 11.4. The SMILES string of the molecule is CCN(C(=O)c1ccc(F)cc1)C(C)c1ccc(F)cc1. The van der Waals surface area contributed by atoms with Crippen molar-refractivity contribution in [3.8, 4) is 0 Å². The number of amides is 1. The maximum absolute atomic E-state index is 13.0. The van der Waals surface area contributed by atoms with Crippen LogP contribution in [0.15, 0.2) is 48.5 Å². The zero-order valence-electron chi connectivity index (χ0n) is 12.0. The van der Waals surface area contributed by atoms with Gasteiger partial charge < -0.3 is 4.90 Å². The first-order valence-corrected chi connectivity index (χ1v) is 6.85. The van der Waals surface area contributed by atoms with Gasteiger partial charge in [-0.2, -0.15) is 0 Å². The van der Waals surface area contributed by atoms with Gasteiger partial charge in [-0.05, 0) is 55.8 Å². The van der Waals surface area contributed by atoms with Crippen LogP contribution in [0.5, 0.6) is 0 Å². The molecule has 0 spiro atoms. The molecule has 2 rings (SSSR count). The minimum absolute atomic E-state index is 0.172. The molecule has 0 aromatic heterocycles. The van der Waals surface area contributed by atoms with Gasteiger partial charge in [0.2, 0.25) is 0 Å². The van der Waals surface area contributed by atoms with Crippen molar-refractivity contribution in [3.63, 3.8) is 0 Å². The van der Waals surface area contributed by atoms with Crippen molar-refractivity contribution < 1.29 is 13.6 Å². The summed E-state index contributed by atoms with van der Waals surface area (Å²) in [6.07, 6.45) is 0. The van der Waals surface area contributed by atoms with Crippen molar-refractivity contribution in [1.29, 1.82) is 0 Å². The average molecular weight is 289 g/mol. The molecule has 0 heterocycles. The van der Waals surface area contributed by atoms with E-state index >= 15 is 0 Å². The van der Waals surface area contributed by atoms with Crippen LogP contribution in [0.1, 0.15) is 35.8 Å². The number of nitrogens with zero attached hydrogens (tertiary/aromatic N) is 1. The van der Waals surface area contributed by atoms with Crippen LogP contribution in [-0.4, -0.2) is 17.4 Å². The zero-order chi connectivity index (χ0) is 15.4. The lowest BCUT2D eigenvalue weighted by Crippen LogP contribution is -2.33. The Morgan fingerprint density at radius 3 is 1.95 bits per heavy atom. The maximum Gasteiger partial charge on any atom is 0.254 e. The van der Waals surface area contributed by atoms with Gasteiger partial charge in [0.1, 0.15) is 11.6 Å². The molecular formula is C17H17F2NO. The van der Waals surface area contributed by atoms with Gasteiger partial charge in [0.15, 0.2) is 0 Å². The summed E-state index contributed by atoms with van der Waals surface area (Å²) in [5.41, 5.74) is 1.29. The molecule has 110 valence electrons. The fourth-order valence-corrected chi connectivity index (χ4v) is 2.27. The Morgan fingerprint density at radius 1 is 1.00 bits per heavy atom. The highest BCUT2D eigenvalue weighted by Crippen LogP contribution is 2.22. The van der Waals surface area contributed by atoms with Gasteiger partial charge in [-0.15, -0.1) is 0 Å². The molecule has 0 aliphatic heterocycles. The average Bonchev–Trinajstić information content (AvgIpc) is 2.49. The second-order valence-corrected chi connectivity index (χ2v) is 4.83. The number of benzene rings is 2. The molecule has 2 aromatic carbocycles. The molecular weight excluding hydrogens is 272 g/mol. The molecule has 0 bridgehead atoms. The molecule has 0 N–H and O–H groups in total. The molecule has 1 amide bonds. The smallest absolute Gasteiger partial charge is 0.254 e. The van der Waals surface area contributed by atoms with E-state index in [1.807, 2.05) is 13.8 Å². The quantitative estimate of drug-likeness (QED) is 0.826. The molecule has 1 unspecified atom stereocenters.